The number of aliphatic imine (C=N–C) groups is 1. The van der Waals surface area contributed by atoms with Gasteiger partial charge in [0.1, 0.15) is 0 Å². The predicted octanol–water partition coefficient (Wildman–Crippen LogP) is 5.45. The van der Waals surface area contributed by atoms with Crippen LogP contribution in [0.25, 0.3) is 0 Å². The topological polar surface area (TPSA) is 12.4 Å². The number of allylic oxidation sites excluding steroid dienone is 3. The smallest absolute Gasteiger partial charge is 0.0636 e. The molecule has 1 heteroatoms. The zero-order valence-corrected chi connectivity index (χ0v) is 13.9. The fourth-order valence-corrected chi connectivity index (χ4v) is 3.06. The number of hydrogen-bond donors (Lipinski definition) is 0. The molecule has 3 atom stereocenters. The minimum atomic E-state index is 0.536. The van der Waals surface area contributed by atoms with Gasteiger partial charge in [-0.1, -0.05) is 52.0 Å². The van der Waals surface area contributed by atoms with Gasteiger partial charge in [-0.3, -0.25) is 4.99 Å². The lowest BCUT2D eigenvalue weighted by molar-refractivity contribution is 0.412. The summed E-state index contributed by atoms with van der Waals surface area (Å²) in [6.45, 7) is 16.0. The van der Waals surface area contributed by atoms with E-state index in [4.69, 9.17) is 4.99 Å². The molecule has 1 rings (SSSR count). The Morgan fingerprint density at radius 2 is 2.05 bits per heavy atom. The molecule has 0 bridgehead atoms. The molecule has 1 aliphatic carbocycles. The second-order valence-corrected chi connectivity index (χ2v) is 6.10. The molecule has 0 amide bonds. The summed E-state index contributed by atoms with van der Waals surface area (Å²) < 4.78 is 0. The molecule has 0 N–H and O–H groups in total. The lowest BCUT2D eigenvalue weighted by Gasteiger charge is -2.26. The van der Waals surface area contributed by atoms with Crippen molar-refractivity contribution in [3.8, 4) is 0 Å². The van der Waals surface area contributed by atoms with Crippen molar-refractivity contribution in [1.82, 2.24) is 0 Å². The molecule has 1 nitrogen and oxygen atoms in total. The zero-order chi connectivity index (χ0) is 15.1. The molecule has 0 saturated heterocycles. The Hall–Kier alpha value is -1.11. The second kappa shape index (κ2) is 8.24. The van der Waals surface area contributed by atoms with Gasteiger partial charge in [0.15, 0.2) is 0 Å². The molecule has 0 saturated carbocycles. The third-order valence-corrected chi connectivity index (χ3v) is 4.68. The SMILES string of the molecule is C=CC(C)[C@H]1C=CC(C/N=C(\C)C(CC)CC)=CC1C. The van der Waals surface area contributed by atoms with E-state index in [0.29, 0.717) is 23.7 Å². The predicted molar refractivity (Wildman–Crippen MR) is 91.3 cm³/mol. The molecule has 0 fully saturated rings. The van der Waals surface area contributed by atoms with E-state index in [9.17, 15) is 0 Å². The third kappa shape index (κ3) is 4.47. The van der Waals surface area contributed by atoms with Crippen molar-refractivity contribution >= 4 is 5.71 Å². The first-order valence-corrected chi connectivity index (χ1v) is 8.05. The second-order valence-electron chi connectivity index (χ2n) is 6.10. The third-order valence-electron chi connectivity index (χ3n) is 4.68. The molecule has 2 unspecified atom stereocenters. The van der Waals surface area contributed by atoms with Crippen molar-refractivity contribution in [1.29, 1.82) is 0 Å². The summed E-state index contributed by atoms with van der Waals surface area (Å²) in [5.74, 6) is 2.34. The van der Waals surface area contributed by atoms with Crippen LogP contribution in [-0.4, -0.2) is 12.3 Å². The van der Waals surface area contributed by atoms with Crippen LogP contribution in [0.4, 0.5) is 0 Å². The maximum atomic E-state index is 4.79. The van der Waals surface area contributed by atoms with E-state index in [1.54, 1.807) is 0 Å². The van der Waals surface area contributed by atoms with Gasteiger partial charge in [0.05, 0.1) is 6.54 Å². The zero-order valence-electron chi connectivity index (χ0n) is 13.9. The quantitative estimate of drug-likeness (QED) is 0.432. The van der Waals surface area contributed by atoms with Gasteiger partial charge in [0, 0.05) is 5.71 Å². The first-order chi connectivity index (χ1) is 9.53. The van der Waals surface area contributed by atoms with Crippen molar-refractivity contribution in [3.63, 3.8) is 0 Å². The molecular formula is C19H31N. The van der Waals surface area contributed by atoms with E-state index in [1.807, 2.05) is 0 Å². The standard InChI is InChI=1S/C19H31N/c1-7-14(4)19-11-10-17(12-15(19)5)13-20-16(6)18(8-2)9-3/h7,10-12,14-15,18-19H,1,8-9,13H2,2-6H3/b20-16+/t14?,15?,19-/m1/s1. The van der Waals surface area contributed by atoms with Crippen molar-refractivity contribution in [3.05, 3.63) is 36.5 Å². The van der Waals surface area contributed by atoms with Gasteiger partial charge in [-0.2, -0.15) is 0 Å². The van der Waals surface area contributed by atoms with Crippen LogP contribution in [0.15, 0.2) is 41.4 Å². The van der Waals surface area contributed by atoms with E-state index in [0.717, 1.165) is 6.54 Å². The number of hydrogen-bond acceptors (Lipinski definition) is 1. The van der Waals surface area contributed by atoms with Crippen LogP contribution in [0.3, 0.4) is 0 Å². The Labute approximate surface area is 125 Å². The minimum Gasteiger partial charge on any atom is -0.289 e. The molecule has 1 aliphatic rings. The molecular weight excluding hydrogens is 242 g/mol. The number of nitrogens with zero attached hydrogens (tertiary/aromatic N) is 1. The Morgan fingerprint density at radius 3 is 2.55 bits per heavy atom. The Kier molecular flexibility index (Phi) is 6.98. The number of rotatable bonds is 7. The Bertz CT molecular complexity index is 396. The van der Waals surface area contributed by atoms with Crippen molar-refractivity contribution in [2.75, 3.05) is 6.54 Å². The van der Waals surface area contributed by atoms with Crippen molar-refractivity contribution < 1.29 is 0 Å². The van der Waals surface area contributed by atoms with Gasteiger partial charge >= 0.3 is 0 Å². The summed E-state index contributed by atoms with van der Waals surface area (Å²) in [7, 11) is 0. The van der Waals surface area contributed by atoms with Gasteiger partial charge in [0.25, 0.3) is 0 Å². The van der Waals surface area contributed by atoms with E-state index in [2.05, 4.69) is 65.5 Å². The summed E-state index contributed by atoms with van der Waals surface area (Å²) in [5, 5.41) is 0. The summed E-state index contributed by atoms with van der Waals surface area (Å²) in [6, 6.07) is 0. The van der Waals surface area contributed by atoms with Gasteiger partial charge < -0.3 is 0 Å². The highest BCUT2D eigenvalue weighted by Gasteiger charge is 2.20. The lowest BCUT2D eigenvalue weighted by Crippen LogP contribution is -2.18. The van der Waals surface area contributed by atoms with Gasteiger partial charge in [-0.25, -0.2) is 0 Å². The van der Waals surface area contributed by atoms with Crippen LogP contribution in [0.2, 0.25) is 0 Å². The normalized spacial score (nSPS) is 24.7. The molecule has 0 aromatic rings. The van der Waals surface area contributed by atoms with Crippen LogP contribution in [0.5, 0.6) is 0 Å². The molecule has 20 heavy (non-hydrogen) atoms. The van der Waals surface area contributed by atoms with Crippen molar-refractivity contribution in [2.24, 2.45) is 28.7 Å². The van der Waals surface area contributed by atoms with Crippen LogP contribution < -0.4 is 0 Å². The largest absolute Gasteiger partial charge is 0.289 e. The molecule has 0 radical (unpaired) electrons. The Balaban J connectivity index is 2.66. The summed E-state index contributed by atoms with van der Waals surface area (Å²) in [4.78, 5) is 4.79. The maximum Gasteiger partial charge on any atom is 0.0636 e. The highest BCUT2D eigenvalue weighted by molar-refractivity contribution is 5.84. The van der Waals surface area contributed by atoms with E-state index < -0.39 is 0 Å². The minimum absolute atomic E-state index is 0.536. The molecule has 0 spiro atoms. The highest BCUT2D eigenvalue weighted by Crippen LogP contribution is 2.29. The summed E-state index contributed by atoms with van der Waals surface area (Å²) in [5.41, 5.74) is 2.66. The van der Waals surface area contributed by atoms with E-state index in [1.165, 1.54) is 24.1 Å². The molecule has 0 aromatic heterocycles. The first kappa shape index (κ1) is 16.9. The van der Waals surface area contributed by atoms with Crippen LogP contribution in [-0.2, 0) is 0 Å². The van der Waals surface area contributed by atoms with Gasteiger partial charge in [0.2, 0.25) is 0 Å². The molecule has 0 aromatic carbocycles. The van der Waals surface area contributed by atoms with Gasteiger partial charge in [-0.05, 0) is 49.0 Å². The van der Waals surface area contributed by atoms with Gasteiger partial charge in [-0.15, -0.1) is 6.58 Å². The van der Waals surface area contributed by atoms with E-state index >= 15 is 0 Å². The average Bonchev–Trinajstić information content (AvgIpc) is 2.45. The van der Waals surface area contributed by atoms with Crippen molar-refractivity contribution in [2.45, 2.75) is 47.5 Å². The highest BCUT2D eigenvalue weighted by atomic mass is 14.7. The lowest BCUT2D eigenvalue weighted by atomic mass is 9.79. The average molecular weight is 273 g/mol. The fraction of sp³-hybridized carbons (Fsp3) is 0.632. The summed E-state index contributed by atoms with van der Waals surface area (Å²) in [6.07, 6.45) is 11.4. The summed E-state index contributed by atoms with van der Waals surface area (Å²) >= 11 is 0. The monoisotopic (exact) mass is 273 g/mol. The van der Waals surface area contributed by atoms with Crippen LogP contribution in [0.1, 0.15) is 47.5 Å². The Morgan fingerprint density at radius 1 is 1.40 bits per heavy atom. The molecule has 112 valence electrons. The van der Waals surface area contributed by atoms with Crippen LogP contribution >= 0.6 is 0 Å². The van der Waals surface area contributed by atoms with Crippen LogP contribution in [0, 0.1) is 23.7 Å². The molecule has 0 aliphatic heterocycles. The first-order valence-electron chi connectivity index (χ1n) is 8.05. The fourth-order valence-electron chi connectivity index (χ4n) is 3.06. The molecule has 0 heterocycles. The maximum absolute atomic E-state index is 4.79. The van der Waals surface area contributed by atoms with E-state index in [-0.39, 0.29) is 0 Å².